The number of benzene rings is 2. The van der Waals surface area contributed by atoms with Crippen LogP contribution in [0, 0.1) is 12.7 Å². The molecule has 0 amide bonds. The molecule has 0 bridgehead atoms. The molecule has 0 aliphatic heterocycles. The highest BCUT2D eigenvalue weighted by Crippen LogP contribution is 2.39. The number of halogens is 5. The average Bonchev–Trinajstić information content (AvgIpc) is 2.36. The van der Waals surface area contributed by atoms with Crippen LogP contribution in [0.15, 0.2) is 43.7 Å². The topological polar surface area (TPSA) is 0 Å². The molecule has 0 saturated carbocycles. The third-order valence-corrected chi connectivity index (χ3v) is 5.52. The Labute approximate surface area is 141 Å². The molecule has 1 atom stereocenters. The van der Waals surface area contributed by atoms with Crippen LogP contribution in [0.5, 0.6) is 0 Å². The van der Waals surface area contributed by atoms with Gasteiger partial charge in [0.05, 0.1) is 5.38 Å². The first-order valence-corrected chi connectivity index (χ1v) is 8.26. The third kappa shape index (κ3) is 3.41. The number of hydrogen-bond acceptors (Lipinski definition) is 0. The quantitative estimate of drug-likeness (QED) is 0.425. The minimum atomic E-state index is -0.434. The third-order valence-electron chi connectivity index (χ3n) is 2.78. The van der Waals surface area contributed by atoms with Gasteiger partial charge in [-0.25, -0.2) is 4.39 Å². The van der Waals surface area contributed by atoms with Crippen molar-refractivity contribution in [1.82, 2.24) is 0 Å². The van der Waals surface area contributed by atoms with Crippen LogP contribution < -0.4 is 0 Å². The van der Waals surface area contributed by atoms with E-state index in [9.17, 15) is 4.39 Å². The standard InChI is InChI=1S/C14H9Br3ClF/c1-7-4-13(17)10(6-12(7)16)14(18)9-5-8(19)2-3-11(9)15/h2-6,14H,1H3. The van der Waals surface area contributed by atoms with Gasteiger partial charge < -0.3 is 0 Å². The molecule has 2 aromatic carbocycles. The molecular formula is C14H9Br3ClF. The van der Waals surface area contributed by atoms with Crippen LogP contribution in [0.4, 0.5) is 4.39 Å². The fraction of sp³-hybridized carbons (Fsp3) is 0.143. The SMILES string of the molecule is Cc1cc(Br)c(C(Cl)c2cc(F)ccc2Br)cc1Br. The van der Waals surface area contributed by atoms with Crippen LogP contribution in [0.2, 0.25) is 0 Å². The van der Waals surface area contributed by atoms with E-state index >= 15 is 0 Å². The molecular weight excluding hydrogens is 462 g/mol. The Hall–Kier alpha value is 0.1000. The zero-order valence-corrected chi connectivity index (χ0v) is 15.4. The highest BCUT2D eigenvalue weighted by Gasteiger charge is 2.18. The number of hydrogen-bond donors (Lipinski definition) is 0. The summed E-state index contributed by atoms with van der Waals surface area (Å²) in [6.45, 7) is 2.00. The second-order valence-corrected chi connectivity index (χ2v) is 7.15. The van der Waals surface area contributed by atoms with Gasteiger partial charge in [-0.2, -0.15) is 0 Å². The summed E-state index contributed by atoms with van der Waals surface area (Å²) in [5.41, 5.74) is 2.71. The highest BCUT2D eigenvalue weighted by atomic mass is 79.9. The van der Waals surface area contributed by atoms with Gasteiger partial charge in [-0.1, -0.05) is 47.8 Å². The van der Waals surface area contributed by atoms with Gasteiger partial charge in [0.25, 0.3) is 0 Å². The molecule has 0 aliphatic carbocycles. The van der Waals surface area contributed by atoms with Crippen molar-refractivity contribution in [3.8, 4) is 0 Å². The fourth-order valence-corrected chi connectivity index (χ4v) is 3.88. The lowest BCUT2D eigenvalue weighted by Gasteiger charge is -2.15. The van der Waals surface area contributed by atoms with Crippen LogP contribution in [-0.4, -0.2) is 0 Å². The Morgan fingerprint density at radius 1 is 0.947 bits per heavy atom. The molecule has 19 heavy (non-hydrogen) atoms. The van der Waals surface area contributed by atoms with Gasteiger partial charge in [0.2, 0.25) is 0 Å². The Morgan fingerprint density at radius 2 is 1.58 bits per heavy atom. The maximum atomic E-state index is 13.4. The monoisotopic (exact) mass is 468 g/mol. The van der Waals surface area contributed by atoms with E-state index < -0.39 is 5.38 Å². The van der Waals surface area contributed by atoms with E-state index in [1.807, 2.05) is 19.1 Å². The zero-order chi connectivity index (χ0) is 14.2. The van der Waals surface area contributed by atoms with E-state index in [4.69, 9.17) is 11.6 Å². The summed E-state index contributed by atoms with van der Waals surface area (Å²) >= 11 is 16.9. The lowest BCUT2D eigenvalue weighted by atomic mass is 10.0. The van der Waals surface area contributed by atoms with Crippen molar-refractivity contribution in [2.24, 2.45) is 0 Å². The summed E-state index contributed by atoms with van der Waals surface area (Å²) in [5.74, 6) is -0.300. The van der Waals surface area contributed by atoms with Crippen molar-refractivity contribution in [3.05, 3.63) is 66.3 Å². The van der Waals surface area contributed by atoms with Gasteiger partial charge in [0.15, 0.2) is 0 Å². The summed E-state index contributed by atoms with van der Waals surface area (Å²) < 4.78 is 16.0. The maximum absolute atomic E-state index is 13.4. The molecule has 5 heteroatoms. The summed E-state index contributed by atoms with van der Waals surface area (Å²) in [6.07, 6.45) is 0. The van der Waals surface area contributed by atoms with Crippen molar-refractivity contribution in [2.45, 2.75) is 12.3 Å². The second kappa shape index (κ2) is 6.25. The number of rotatable bonds is 2. The molecule has 2 aromatic rings. The predicted octanol–water partition coefficient (Wildman–Crippen LogP) is 6.75. The van der Waals surface area contributed by atoms with Crippen LogP contribution in [-0.2, 0) is 0 Å². The van der Waals surface area contributed by atoms with E-state index in [1.165, 1.54) is 12.1 Å². The Bertz CT molecular complexity index is 628. The molecule has 0 spiro atoms. The summed E-state index contributed by atoms with van der Waals surface area (Å²) in [4.78, 5) is 0. The van der Waals surface area contributed by atoms with E-state index in [2.05, 4.69) is 47.8 Å². The predicted molar refractivity (Wildman–Crippen MR) is 88.4 cm³/mol. The number of alkyl halides is 1. The molecule has 0 aliphatic rings. The normalized spacial score (nSPS) is 12.5. The van der Waals surface area contributed by atoms with Crippen LogP contribution in [0.25, 0.3) is 0 Å². The van der Waals surface area contributed by atoms with E-state index in [0.29, 0.717) is 5.56 Å². The van der Waals surface area contributed by atoms with Crippen molar-refractivity contribution >= 4 is 59.4 Å². The average molecular weight is 471 g/mol. The molecule has 2 rings (SSSR count). The van der Waals surface area contributed by atoms with E-state index in [1.54, 1.807) is 6.07 Å². The first kappa shape index (κ1) is 15.5. The molecule has 0 saturated heterocycles. The fourth-order valence-electron chi connectivity index (χ4n) is 1.73. The summed E-state index contributed by atoms with van der Waals surface area (Å²) in [6, 6.07) is 8.45. The smallest absolute Gasteiger partial charge is 0.123 e. The molecule has 0 N–H and O–H groups in total. The lowest BCUT2D eigenvalue weighted by Crippen LogP contribution is -1.98. The van der Waals surface area contributed by atoms with Gasteiger partial charge in [-0.3, -0.25) is 0 Å². The van der Waals surface area contributed by atoms with Gasteiger partial charge in [0, 0.05) is 13.4 Å². The minimum Gasteiger partial charge on any atom is -0.207 e. The maximum Gasteiger partial charge on any atom is 0.123 e. The Balaban J connectivity index is 2.52. The van der Waals surface area contributed by atoms with Crippen LogP contribution >= 0.6 is 59.4 Å². The summed E-state index contributed by atoms with van der Waals surface area (Å²) in [7, 11) is 0. The molecule has 1 unspecified atom stereocenters. The molecule has 0 heterocycles. The highest BCUT2D eigenvalue weighted by molar-refractivity contribution is 9.11. The molecule has 0 fully saturated rings. The number of aryl methyl sites for hydroxylation is 1. The molecule has 0 aromatic heterocycles. The van der Waals surface area contributed by atoms with Gasteiger partial charge in [-0.05, 0) is 53.9 Å². The first-order valence-electron chi connectivity index (χ1n) is 5.44. The van der Waals surface area contributed by atoms with Crippen molar-refractivity contribution < 1.29 is 4.39 Å². The Kier molecular flexibility index (Phi) is 5.09. The van der Waals surface area contributed by atoms with Crippen molar-refractivity contribution in [3.63, 3.8) is 0 Å². The zero-order valence-electron chi connectivity index (χ0n) is 9.85. The van der Waals surface area contributed by atoms with Crippen LogP contribution in [0.1, 0.15) is 22.1 Å². The lowest BCUT2D eigenvalue weighted by molar-refractivity contribution is 0.625. The van der Waals surface area contributed by atoms with Crippen molar-refractivity contribution in [1.29, 1.82) is 0 Å². The van der Waals surface area contributed by atoms with Gasteiger partial charge in [0.1, 0.15) is 5.82 Å². The van der Waals surface area contributed by atoms with Crippen LogP contribution in [0.3, 0.4) is 0 Å². The molecule has 100 valence electrons. The summed E-state index contributed by atoms with van der Waals surface area (Å²) in [5, 5.41) is -0.434. The second-order valence-electron chi connectivity index (χ2n) is 4.15. The van der Waals surface area contributed by atoms with Gasteiger partial charge >= 0.3 is 0 Å². The van der Waals surface area contributed by atoms with Crippen molar-refractivity contribution in [2.75, 3.05) is 0 Å². The van der Waals surface area contributed by atoms with E-state index in [0.717, 1.165) is 24.5 Å². The van der Waals surface area contributed by atoms with Gasteiger partial charge in [-0.15, -0.1) is 11.6 Å². The largest absolute Gasteiger partial charge is 0.207 e. The molecule has 0 nitrogen and oxygen atoms in total. The minimum absolute atomic E-state index is 0.300. The first-order chi connectivity index (χ1) is 8.90. The Morgan fingerprint density at radius 3 is 2.26 bits per heavy atom. The molecule has 0 radical (unpaired) electrons. The van der Waals surface area contributed by atoms with E-state index in [-0.39, 0.29) is 5.82 Å².